The van der Waals surface area contributed by atoms with E-state index in [-0.39, 0.29) is 24.8 Å². The Morgan fingerprint density at radius 3 is 2.73 bits per heavy atom. The third-order valence-electron chi connectivity index (χ3n) is 1.54. The first-order valence-corrected chi connectivity index (χ1v) is 4.49. The van der Waals surface area contributed by atoms with Crippen LogP contribution in [0.15, 0.2) is 0 Å². The van der Waals surface area contributed by atoms with Crippen molar-refractivity contribution in [2.45, 2.75) is 17.6 Å². The molecule has 0 aromatic heterocycles. The van der Waals surface area contributed by atoms with Crippen molar-refractivity contribution in [2.75, 3.05) is 19.0 Å². The Morgan fingerprint density at radius 1 is 1.55 bits per heavy atom. The quantitative estimate of drug-likeness (QED) is 0.508. The molecule has 1 saturated heterocycles. The monoisotopic (exact) mass is 180 g/mol. The lowest BCUT2D eigenvalue weighted by molar-refractivity contribution is -0.0546. The van der Waals surface area contributed by atoms with Gasteiger partial charge in [0.15, 0.2) is 0 Å². The van der Waals surface area contributed by atoms with Gasteiger partial charge in [-0.05, 0) is 0 Å². The van der Waals surface area contributed by atoms with E-state index in [0.29, 0.717) is 5.75 Å². The van der Waals surface area contributed by atoms with E-state index in [9.17, 15) is 0 Å². The zero-order valence-corrected chi connectivity index (χ0v) is 6.83. The molecule has 3 N–H and O–H groups in total. The molecule has 0 radical (unpaired) electrons. The van der Waals surface area contributed by atoms with Gasteiger partial charge in [-0.1, -0.05) is 0 Å². The van der Waals surface area contributed by atoms with Crippen LogP contribution in [-0.2, 0) is 4.74 Å². The van der Waals surface area contributed by atoms with E-state index in [1.165, 1.54) is 11.8 Å². The Kier molecular flexibility index (Phi) is 3.61. The van der Waals surface area contributed by atoms with Gasteiger partial charge in [-0.15, -0.1) is 11.8 Å². The van der Waals surface area contributed by atoms with Gasteiger partial charge in [0.2, 0.25) is 0 Å². The molecule has 0 aromatic carbocycles. The van der Waals surface area contributed by atoms with Crippen molar-refractivity contribution < 1.29 is 20.1 Å². The van der Waals surface area contributed by atoms with Gasteiger partial charge in [0.1, 0.15) is 11.5 Å². The van der Waals surface area contributed by atoms with Crippen molar-refractivity contribution in [2.24, 2.45) is 0 Å². The van der Waals surface area contributed by atoms with Crippen molar-refractivity contribution in [1.29, 1.82) is 0 Å². The topological polar surface area (TPSA) is 69.9 Å². The van der Waals surface area contributed by atoms with E-state index in [0.717, 1.165) is 0 Å². The predicted octanol–water partition coefficient (Wildman–Crippen LogP) is -1.21. The molecule has 1 rings (SSSR count). The Labute approximate surface area is 69.2 Å². The zero-order chi connectivity index (χ0) is 8.27. The molecule has 1 aliphatic heterocycles. The highest BCUT2D eigenvalue weighted by Crippen LogP contribution is 2.26. The summed E-state index contributed by atoms with van der Waals surface area (Å²) in [6, 6.07) is 0. The molecule has 1 fully saturated rings. The number of hydrogen-bond donors (Lipinski definition) is 3. The third kappa shape index (κ3) is 2.31. The summed E-state index contributed by atoms with van der Waals surface area (Å²) in [5.41, 5.74) is -0.235. The van der Waals surface area contributed by atoms with Gasteiger partial charge in [-0.3, -0.25) is 0 Å². The summed E-state index contributed by atoms with van der Waals surface area (Å²) in [5.74, 6) is 0.632. The second kappa shape index (κ2) is 4.27. The summed E-state index contributed by atoms with van der Waals surface area (Å²) in [4.78, 5) is 0. The minimum atomic E-state index is -0.820. The smallest absolute Gasteiger partial charge is 0.126 e. The minimum Gasteiger partial charge on any atom is -0.394 e. The molecule has 0 spiro atoms. The molecule has 0 aromatic rings. The molecular formula is C6H12O4S. The van der Waals surface area contributed by atoms with Gasteiger partial charge >= 0.3 is 0 Å². The minimum absolute atomic E-state index is 0.0423. The van der Waals surface area contributed by atoms with E-state index in [2.05, 4.69) is 0 Å². The first kappa shape index (κ1) is 9.28. The van der Waals surface area contributed by atoms with Crippen LogP contribution in [0.1, 0.15) is 0 Å². The number of thioether (sulfide) groups is 1. The van der Waals surface area contributed by atoms with Gasteiger partial charge in [0, 0.05) is 5.75 Å². The maximum atomic E-state index is 9.10. The van der Waals surface area contributed by atoms with Crippen LogP contribution in [0.2, 0.25) is 0 Å². The first-order chi connectivity index (χ1) is 5.27. The fourth-order valence-corrected chi connectivity index (χ4v) is 1.92. The lowest BCUT2D eigenvalue weighted by atomic mass is 10.2. The summed E-state index contributed by atoms with van der Waals surface area (Å²) in [5, 5.41) is 26.3. The highest BCUT2D eigenvalue weighted by atomic mass is 32.2. The van der Waals surface area contributed by atoms with Gasteiger partial charge in [-0.25, -0.2) is 0 Å². The Morgan fingerprint density at radius 2 is 2.27 bits per heavy atom. The van der Waals surface area contributed by atoms with Crippen LogP contribution in [0.3, 0.4) is 0 Å². The average molecular weight is 180 g/mol. The van der Waals surface area contributed by atoms with E-state index < -0.39 is 6.10 Å². The van der Waals surface area contributed by atoms with Gasteiger partial charge in [0.05, 0.1) is 19.3 Å². The van der Waals surface area contributed by atoms with E-state index in [1.807, 2.05) is 0 Å². The molecule has 0 saturated carbocycles. The Balaban J connectivity index is 2.29. The highest BCUT2D eigenvalue weighted by molar-refractivity contribution is 8.00. The molecule has 5 heteroatoms. The normalized spacial score (nSPS) is 34.1. The molecule has 0 amide bonds. The van der Waals surface area contributed by atoms with Crippen LogP contribution >= 0.6 is 11.8 Å². The average Bonchev–Trinajstić information content (AvgIpc) is 2.50. The SMILES string of the molecule is OC[C@@H]1O[C@H]([C@H](O)CO)CS1. The Hall–Kier alpha value is 0.190. The summed E-state index contributed by atoms with van der Waals surface area (Å²) >= 11 is 1.45. The van der Waals surface area contributed by atoms with Crippen LogP contribution in [0.25, 0.3) is 0 Å². The number of hydrogen-bond acceptors (Lipinski definition) is 5. The molecule has 1 aliphatic rings. The van der Waals surface area contributed by atoms with Crippen molar-refractivity contribution in [1.82, 2.24) is 0 Å². The summed E-state index contributed by atoms with van der Waals surface area (Å²) in [6.45, 7) is -0.331. The summed E-state index contributed by atoms with van der Waals surface area (Å²) < 4.78 is 5.17. The molecule has 66 valence electrons. The standard InChI is InChI=1S/C6H12O4S/c7-1-4(9)5-3-11-6(2-8)10-5/h4-9H,1-3H2/t4-,5+,6-/m1/s1. The lowest BCUT2D eigenvalue weighted by Gasteiger charge is -2.14. The number of ether oxygens (including phenoxy) is 1. The molecule has 3 atom stereocenters. The largest absolute Gasteiger partial charge is 0.394 e. The van der Waals surface area contributed by atoms with Gasteiger partial charge in [-0.2, -0.15) is 0 Å². The summed E-state index contributed by atoms with van der Waals surface area (Å²) in [6.07, 6.45) is -1.15. The molecular weight excluding hydrogens is 168 g/mol. The van der Waals surface area contributed by atoms with Crippen LogP contribution < -0.4 is 0 Å². The second-order valence-corrected chi connectivity index (χ2v) is 3.56. The molecule has 4 nitrogen and oxygen atoms in total. The van der Waals surface area contributed by atoms with Crippen LogP contribution in [0.4, 0.5) is 0 Å². The zero-order valence-electron chi connectivity index (χ0n) is 6.01. The van der Waals surface area contributed by atoms with Crippen LogP contribution in [0.5, 0.6) is 0 Å². The van der Waals surface area contributed by atoms with Crippen molar-refractivity contribution in [3.05, 3.63) is 0 Å². The lowest BCUT2D eigenvalue weighted by Crippen LogP contribution is -2.31. The molecule has 0 unspecified atom stereocenters. The first-order valence-electron chi connectivity index (χ1n) is 3.44. The van der Waals surface area contributed by atoms with E-state index in [4.69, 9.17) is 20.1 Å². The number of rotatable bonds is 3. The number of aliphatic hydroxyl groups is 3. The summed E-state index contributed by atoms with van der Waals surface area (Å²) in [7, 11) is 0. The van der Waals surface area contributed by atoms with Gasteiger partial charge in [0.25, 0.3) is 0 Å². The van der Waals surface area contributed by atoms with Crippen molar-refractivity contribution >= 4 is 11.8 Å². The molecule has 0 bridgehead atoms. The maximum absolute atomic E-state index is 9.10. The molecule has 0 aliphatic carbocycles. The molecule has 11 heavy (non-hydrogen) atoms. The maximum Gasteiger partial charge on any atom is 0.126 e. The van der Waals surface area contributed by atoms with E-state index in [1.54, 1.807) is 0 Å². The number of aliphatic hydroxyl groups excluding tert-OH is 3. The second-order valence-electron chi connectivity index (χ2n) is 2.37. The fourth-order valence-electron chi connectivity index (χ4n) is 0.891. The van der Waals surface area contributed by atoms with Crippen LogP contribution in [0, 0.1) is 0 Å². The van der Waals surface area contributed by atoms with Crippen LogP contribution in [-0.4, -0.2) is 51.9 Å². The van der Waals surface area contributed by atoms with Crippen molar-refractivity contribution in [3.8, 4) is 0 Å². The van der Waals surface area contributed by atoms with E-state index >= 15 is 0 Å². The third-order valence-corrected chi connectivity index (χ3v) is 2.69. The Bertz CT molecular complexity index is 121. The fraction of sp³-hybridized carbons (Fsp3) is 1.00. The molecule has 1 heterocycles. The van der Waals surface area contributed by atoms with Crippen molar-refractivity contribution in [3.63, 3.8) is 0 Å². The van der Waals surface area contributed by atoms with Gasteiger partial charge < -0.3 is 20.1 Å². The highest BCUT2D eigenvalue weighted by Gasteiger charge is 2.30. The predicted molar refractivity (Wildman–Crippen MR) is 41.3 cm³/mol.